The summed E-state index contributed by atoms with van der Waals surface area (Å²) in [6.07, 6.45) is 6.14. The average molecular weight is 344 g/mol. The van der Waals surface area contributed by atoms with E-state index in [2.05, 4.69) is 10.3 Å². The lowest BCUT2D eigenvalue weighted by molar-refractivity contribution is 0.0724. The summed E-state index contributed by atoms with van der Waals surface area (Å²) in [5, 5.41) is 3.19. The van der Waals surface area contributed by atoms with E-state index in [4.69, 9.17) is 11.6 Å². The Morgan fingerprint density at radius 2 is 1.75 bits per heavy atom. The summed E-state index contributed by atoms with van der Waals surface area (Å²) in [5.41, 5.74) is 1.29. The second kappa shape index (κ2) is 7.45. The number of rotatable bonds is 3. The van der Waals surface area contributed by atoms with Gasteiger partial charge in [0.25, 0.3) is 11.8 Å². The second-order valence-electron chi connectivity index (χ2n) is 5.75. The molecule has 0 spiro atoms. The summed E-state index contributed by atoms with van der Waals surface area (Å²) in [6.45, 7) is 1.52. The number of aromatic nitrogens is 1. The third kappa shape index (κ3) is 3.74. The van der Waals surface area contributed by atoms with Crippen molar-refractivity contribution < 1.29 is 9.59 Å². The molecule has 5 nitrogen and oxygen atoms in total. The topological polar surface area (TPSA) is 62.3 Å². The van der Waals surface area contributed by atoms with Crippen LogP contribution >= 0.6 is 11.6 Å². The standard InChI is InChI=1S/C18H18ClN3O2/c19-15-6-2-3-7-16(15)21-17(23)13-10-14(12-20-11-13)18(24)22-8-4-1-5-9-22/h2-3,6-7,10-12H,1,4-5,8-9H2,(H,21,23). The zero-order chi connectivity index (χ0) is 16.9. The molecule has 0 aliphatic carbocycles. The van der Waals surface area contributed by atoms with E-state index in [0.29, 0.717) is 21.8 Å². The molecule has 0 atom stereocenters. The van der Waals surface area contributed by atoms with E-state index in [1.165, 1.54) is 12.4 Å². The highest BCUT2D eigenvalue weighted by atomic mass is 35.5. The quantitative estimate of drug-likeness (QED) is 0.926. The van der Waals surface area contributed by atoms with Crippen LogP contribution in [0.25, 0.3) is 0 Å². The van der Waals surface area contributed by atoms with Gasteiger partial charge in [-0.05, 0) is 37.5 Å². The molecule has 1 saturated heterocycles. The Balaban J connectivity index is 1.76. The van der Waals surface area contributed by atoms with Crippen molar-refractivity contribution in [1.29, 1.82) is 0 Å². The molecule has 1 N–H and O–H groups in total. The molecule has 124 valence electrons. The molecule has 0 radical (unpaired) electrons. The average Bonchev–Trinajstić information content (AvgIpc) is 2.64. The lowest BCUT2D eigenvalue weighted by Crippen LogP contribution is -2.35. The van der Waals surface area contributed by atoms with E-state index in [0.717, 1.165) is 32.4 Å². The van der Waals surface area contributed by atoms with Crippen molar-refractivity contribution >= 4 is 29.1 Å². The number of likely N-dealkylation sites (tertiary alicyclic amines) is 1. The molecule has 3 rings (SSSR count). The molecule has 1 aliphatic heterocycles. The van der Waals surface area contributed by atoms with Crippen LogP contribution in [0.4, 0.5) is 5.69 Å². The van der Waals surface area contributed by atoms with Crippen LogP contribution in [0.15, 0.2) is 42.7 Å². The van der Waals surface area contributed by atoms with Crippen molar-refractivity contribution in [3.8, 4) is 0 Å². The van der Waals surface area contributed by atoms with Crippen molar-refractivity contribution in [1.82, 2.24) is 9.88 Å². The highest BCUT2D eigenvalue weighted by Gasteiger charge is 2.19. The van der Waals surface area contributed by atoms with Gasteiger partial charge in [-0.2, -0.15) is 0 Å². The Bertz CT molecular complexity index is 757. The Morgan fingerprint density at radius 1 is 1.04 bits per heavy atom. The predicted molar refractivity (Wildman–Crippen MR) is 93.4 cm³/mol. The molecule has 2 heterocycles. The maximum Gasteiger partial charge on any atom is 0.257 e. The van der Waals surface area contributed by atoms with E-state index in [9.17, 15) is 9.59 Å². The van der Waals surface area contributed by atoms with Gasteiger partial charge in [-0.3, -0.25) is 14.6 Å². The van der Waals surface area contributed by atoms with Crippen molar-refractivity contribution in [3.63, 3.8) is 0 Å². The number of nitrogens with one attached hydrogen (secondary N) is 1. The Labute approximate surface area is 145 Å². The fourth-order valence-corrected chi connectivity index (χ4v) is 2.90. The number of para-hydroxylation sites is 1. The number of benzene rings is 1. The van der Waals surface area contributed by atoms with Gasteiger partial charge >= 0.3 is 0 Å². The smallest absolute Gasteiger partial charge is 0.257 e. The molecule has 1 aromatic heterocycles. The Hall–Kier alpha value is -2.40. The zero-order valence-corrected chi connectivity index (χ0v) is 13.9. The fraction of sp³-hybridized carbons (Fsp3) is 0.278. The normalized spacial score (nSPS) is 14.3. The summed E-state index contributed by atoms with van der Waals surface area (Å²) in [6, 6.07) is 8.58. The monoisotopic (exact) mass is 343 g/mol. The van der Waals surface area contributed by atoms with Gasteiger partial charge in [0.05, 0.1) is 21.8 Å². The largest absolute Gasteiger partial charge is 0.339 e. The number of amides is 2. The molecular weight excluding hydrogens is 326 g/mol. The third-order valence-corrected chi connectivity index (χ3v) is 4.34. The molecule has 24 heavy (non-hydrogen) atoms. The van der Waals surface area contributed by atoms with Crippen LogP contribution in [0.5, 0.6) is 0 Å². The lowest BCUT2D eigenvalue weighted by Gasteiger charge is -2.26. The number of hydrogen-bond donors (Lipinski definition) is 1. The summed E-state index contributed by atoms with van der Waals surface area (Å²) >= 11 is 6.05. The van der Waals surface area contributed by atoms with E-state index < -0.39 is 0 Å². The van der Waals surface area contributed by atoms with Gasteiger partial charge in [-0.15, -0.1) is 0 Å². The van der Waals surface area contributed by atoms with Gasteiger partial charge in [0.2, 0.25) is 0 Å². The van der Waals surface area contributed by atoms with E-state index in [-0.39, 0.29) is 11.8 Å². The number of pyridine rings is 1. The molecule has 0 saturated carbocycles. The SMILES string of the molecule is O=C(Nc1ccccc1Cl)c1cncc(C(=O)N2CCCCC2)c1. The van der Waals surface area contributed by atoms with Crippen LogP contribution in [-0.4, -0.2) is 34.8 Å². The van der Waals surface area contributed by atoms with E-state index in [1.54, 1.807) is 30.3 Å². The molecular formula is C18H18ClN3O2. The molecule has 6 heteroatoms. The number of carbonyl (C=O) groups excluding carboxylic acids is 2. The minimum absolute atomic E-state index is 0.0745. The fourth-order valence-electron chi connectivity index (χ4n) is 2.72. The molecule has 0 bridgehead atoms. The first kappa shape index (κ1) is 16.5. The minimum atomic E-state index is -0.344. The first-order valence-electron chi connectivity index (χ1n) is 7.95. The summed E-state index contributed by atoms with van der Waals surface area (Å²) in [4.78, 5) is 30.8. The summed E-state index contributed by atoms with van der Waals surface area (Å²) in [5.74, 6) is -0.418. The molecule has 0 unspecified atom stereocenters. The van der Waals surface area contributed by atoms with Gasteiger partial charge in [0.1, 0.15) is 0 Å². The summed E-state index contributed by atoms with van der Waals surface area (Å²) < 4.78 is 0. The number of anilines is 1. The van der Waals surface area contributed by atoms with Gasteiger partial charge in [0, 0.05) is 25.5 Å². The van der Waals surface area contributed by atoms with Gasteiger partial charge in [-0.25, -0.2) is 0 Å². The molecule has 1 aliphatic rings. The number of piperidine rings is 1. The first-order valence-corrected chi connectivity index (χ1v) is 8.33. The highest BCUT2D eigenvalue weighted by molar-refractivity contribution is 6.33. The van der Waals surface area contributed by atoms with Crippen LogP contribution in [0.3, 0.4) is 0 Å². The first-order chi connectivity index (χ1) is 11.6. The second-order valence-corrected chi connectivity index (χ2v) is 6.16. The van der Waals surface area contributed by atoms with Gasteiger partial charge in [-0.1, -0.05) is 23.7 Å². The van der Waals surface area contributed by atoms with Gasteiger partial charge in [0.15, 0.2) is 0 Å². The molecule has 1 fully saturated rings. The van der Waals surface area contributed by atoms with Crippen LogP contribution < -0.4 is 5.32 Å². The zero-order valence-electron chi connectivity index (χ0n) is 13.2. The van der Waals surface area contributed by atoms with Crippen molar-refractivity contribution in [2.45, 2.75) is 19.3 Å². The molecule has 2 aromatic rings. The predicted octanol–water partition coefficient (Wildman–Crippen LogP) is 3.61. The lowest BCUT2D eigenvalue weighted by atomic mass is 10.1. The van der Waals surface area contributed by atoms with Gasteiger partial charge < -0.3 is 10.2 Å². The maximum absolute atomic E-state index is 12.5. The number of hydrogen-bond acceptors (Lipinski definition) is 3. The number of carbonyl (C=O) groups is 2. The van der Waals surface area contributed by atoms with Crippen LogP contribution in [0, 0.1) is 0 Å². The number of nitrogens with zero attached hydrogens (tertiary/aromatic N) is 2. The molecule has 2 amide bonds. The van der Waals surface area contributed by atoms with Crippen molar-refractivity contribution in [2.75, 3.05) is 18.4 Å². The van der Waals surface area contributed by atoms with E-state index >= 15 is 0 Å². The minimum Gasteiger partial charge on any atom is -0.339 e. The Morgan fingerprint density at radius 3 is 2.50 bits per heavy atom. The number of halogens is 1. The van der Waals surface area contributed by atoms with Crippen molar-refractivity contribution in [2.24, 2.45) is 0 Å². The molecule has 1 aromatic carbocycles. The highest BCUT2D eigenvalue weighted by Crippen LogP contribution is 2.21. The Kier molecular flexibility index (Phi) is 5.11. The van der Waals surface area contributed by atoms with E-state index in [1.807, 2.05) is 4.90 Å². The van der Waals surface area contributed by atoms with Crippen LogP contribution in [-0.2, 0) is 0 Å². The van der Waals surface area contributed by atoms with Crippen LogP contribution in [0.2, 0.25) is 5.02 Å². The maximum atomic E-state index is 12.5. The van der Waals surface area contributed by atoms with Crippen molar-refractivity contribution in [3.05, 3.63) is 58.9 Å². The summed E-state index contributed by atoms with van der Waals surface area (Å²) in [7, 11) is 0. The third-order valence-electron chi connectivity index (χ3n) is 4.01. The van der Waals surface area contributed by atoms with Crippen LogP contribution in [0.1, 0.15) is 40.0 Å².